The van der Waals surface area contributed by atoms with E-state index in [2.05, 4.69) is 46.1 Å². The zero-order chi connectivity index (χ0) is 17.2. The molecule has 2 aromatic carbocycles. The molecule has 0 unspecified atom stereocenters. The lowest BCUT2D eigenvalue weighted by Gasteiger charge is -2.34. The summed E-state index contributed by atoms with van der Waals surface area (Å²) < 4.78 is 0. The topological polar surface area (TPSA) is 52.2 Å². The van der Waals surface area contributed by atoms with E-state index in [1.54, 1.807) is 6.33 Å². The fraction of sp³-hybridized carbons (Fsp3) is 0.300. The van der Waals surface area contributed by atoms with Gasteiger partial charge in [0.25, 0.3) is 5.91 Å². The van der Waals surface area contributed by atoms with E-state index in [0.717, 1.165) is 49.3 Å². The minimum atomic E-state index is 0.103. The van der Waals surface area contributed by atoms with Crippen LogP contribution in [0.15, 0.2) is 48.8 Å². The standard InChI is InChI=1S/C20H22N4O/c1-15-2-4-16(5-3-15)13-23-8-10-24(11-9-23)20(25)17-6-7-18-19(12-17)22-14-21-18/h2-7,12,14H,8-11,13H2,1H3,(H,21,22). The quantitative estimate of drug-likeness (QED) is 0.801. The number of carbonyl (C=O) groups is 1. The van der Waals surface area contributed by atoms with Crippen molar-refractivity contribution in [2.45, 2.75) is 13.5 Å². The Bertz CT molecular complexity index is 876. The molecule has 3 aromatic rings. The van der Waals surface area contributed by atoms with Gasteiger partial charge in [0.15, 0.2) is 0 Å². The first-order chi connectivity index (χ1) is 12.2. The minimum absolute atomic E-state index is 0.103. The maximum absolute atomic E-state index is 12.7. The Balaban J connectivity index is 1.37. The number of hydrogen-bond acceptors (Lipinski definition) is 3. The Morgan fingerprint density at radius 1 is 1.08 bits per heavy atom. The number of aromatic nitrogens is 2. The lowest BCUT2D eigenvalue weighted by molar-refractivity contribution is 0.0628. The van der Waals surface area contributed by atoms with Crippen LogP contribution in [0.1, 0.15) is 21.5 Å². The molecule has 128 valence electrons. The summed E-state index contributed by atoms with van der Waals surface area (Å²) in [7, 11) is 0. The second-order valence-electron chi connectivity index (χ2n) is 6.69. The third-order valence-electron chi connectivity index (χ3n) is 4.85. The Morgan fingerprint density at radius 2 is 1.84 bits per heavy atom. The summed E-state index contributed by atoms with van der Waals surface area (Å²) >= 11 is 0. The number of amides is 1. The average Bonchev–Trinajstić information content (AvgIpc) is 3.11. The van der Waals surface area contributed by atoms with Crippen molar-refractivity contribution in [2.24, 2.45) is 0 Å². The van der Waals surface area contributed by atoms with Crippen LogP contribution < -0.4 is 0 Å². The summed E-state index contributed by atoms with van der Waals surface area (Å²) in [6.45, 7) is 6.41. The van der Waals surface area contributed by atoms with E-state index >= 15 is 0 Å². The summed E-state index contributed by atoms with van der Waals surface area (Å²) in [4.78, 5) is 24.4. The molecule has 0 bridgehead atoms. The fourth-order valence-electron chi connectivity index (χ4n) is 3.31. The van der Waals surface area contributed by atoms with Gasteiger partial charge in [-0.2, -0.15) is 0 Å². The van der Waals surface area contributed by atoms with Crippen LogP contribution in [0.2, 0.25) is 0 Å². The van der Waals surface area contributed by atoms with Gasteiger partial charge in [0.05, 0.1) is 17.4 Å². The third kappa shape index (κ3) is 3.42. The van der Waals surface area contributed by atoms with E-state index in [-0.39, 0.29) is 5.91 Å². The van der Waals surface area contributed by atoms with Crippen LogP contribution in [0.25, 0.3) is 11.0 Å². The molecule has 1 N–H and O–H groups in total. The molecule has 25 heavy (non-hydrogen) atoms. The maximum atomic E-state index is 12.7. The van der Waals surface area contributed by atoms with Crippen molar-refractivity contribution in [2.75, 3.05) is 26.2 Å². The Kier molecular flexibility index (Phi) is 4.24. The second kappa shape index (κ2) is 6.69. The van der Waals surface area contributed by atoms with Gasteiger partial charge in [-0.1, -0.05) is 29.8 Å². The number of nitrogens with zero attached hydrogens (tertiary/aromatic N) is 3. The number of fused-ring (bicyclic) bond motifs is 1. The zero-order valence-corrected chi connectivity index (χ0v) is 14.4. The highest BCUT2D eigenvalue weighted by molar-refractivity contribution is 5.97. The van der Waals surface area contributed by atoms with Gasteiger partial charge in [0, 0.05) is 38.3 Å². The molecule has 5 heteroatoms. The summed E-state index contributed by atoms with van der Waals surface area (Å²) in [5.74, 6) is 0.103. The molecule has 0 radical (unpaired) electrons. The molecule has 1 aliphatic rings. The van der Waals surface area contributed by atoms with Gasteiger partial charge in [0.1, 0.15) is 0 Å². The molecular weight excluding hydrogens is 312 g/mol. The zero-order valence-electron chi connectivity index (χ0n) is 14.4. The van der Waals surface area contributed by atoms with E-state index in [1.165, 1.54) is 11.1 Å². The predicted octanol–water partition coefficient (Wildman–Crippen LogP) is 2.83. The second-order valence-corrected chi connectivity index (χ2v) is 6.69. The molecule has 0 aliphatic carbocycles. The number of nitrogens with one attached hydrogen (secondary N) is 1. The summed E-state index contributed by atoms with van der Waals surface area (Å²) in [5.41, 5.74) is 5.13. The number of benzene rings is 2. The fourth-order valence-corrected chi connectivity index (χ4v) is 3.31. The van der Waals surface area contributed by atoms with Gasteiger partial charge in [-0.3, -0.25) is 9.69 Å². The summed E-state index contributed by atoms with van der Waals surface area (Å²) in [6.07, 6.45) is 1.66. The van der Waals surface area contributed by atoms with Crippen LogP contribution in [0.5, 0.6) is 0 Å². The normalized spacial score (nSPS) is 15.6. The number of hydrogen-bond donors (Lipinski definition) is 1. The Morgan fingerprint density at radius 3 is 2.60 bits per heavy atom. The van der Waals surface area contributed by atoms with Gasteiger partial charge < -0.3 is 9.88 Å². The number of aryl methyl sites for hydroxylation is 1. The van der Waals surface area contributed by atoms with Crippen molar-refractivity contribution in [1.29, 1.82) is 0 Å². The van der Waals surface area contributed by atoms with Crippen LogP contribution in [0, 0.1) is 6.92 Å². The molecule has 1 saturated heterocycles. The highest BCUT2D eigenvalue weighted by Crippen LogP contribution is 2.16. The number of rotatable bonds is 3. The van der Waals surface area contributed by atoms with Crippen LogP contribution in [-0.4, -0.2) is 51.9 Å². The first kappa shape index (κ1) is 15.8. The van der Waals surface area contributed by atoms with Gasteiger partial charge in [-0.15, -0.1) is 0 Å². The van der Waals surface area contributed by atoms with Crippen LogP contribution in [0.4, 0.5) is 0 Å². The maximum Gasteiger partial charge on any atom is 0.254 e. The highest BCUT2D eigenvalue weighted by Gasteiger charge is 2.22. The van der Waals surface area contributed by atoms with Crippen LogP contribution in [-0.2, 0) is 6.54 Å². The first-order valence-electron chi connectivity index (χ1n) is 8.69. The Hall–Kier alpha value is -2.66. The molecule has 0 atom stereocenters. The van der Waals surface area contributed by atoms with Crippen molar-refractivity contribution in [3.63, 3.8) is 0 Å². The van der Waals surface area contributed by atoms with E-state index in [0.29, 0.717) is 0 Å². The largest absolute Gasteiger partial charge is 0.345 e. The monoisotopic (exact) mass is 334 g/mol. The lowest BCUT2D eigenvalue weighted by atomic mass is 10.1. The molecular formula is C20H22N4O. The van der Waals surface area contributed by atoms with Gasteiger partial charge in [-0.25, -0.2) is 4.98 Å². The van der Waals surface area contributed by atoms with Crippen molar-refractivity contribution in [3.05, 3.63) is 65.5 Å². The van der Waals surface area contributed by atoms with Gasteiger partial charge in [-0.05, 0) is 30.7 Å². The summed E-state index contributed by atoms with van der Waals surface area (Å²) in [5, 5.41) is 0. The van der Waals surface area contributed by atoms with E-state index in [1.807, 2.05) is 23.1 Å². The van der Waals surface area contributed by atoms with E-state index in [4.69, 9.17) is 0 Å². The van der Waals surface area contributed by atoms with Crippen molar-refractivity contribution in [1.82, 2.24) is 19.8 Å². The SMILES string of the molecule is Cc1ccc(CN2CCN(C(=O)c3ccc4nc[nH]c4c3)CC2)cc1. The summed E-state index contributed by atoms with van der Waals surface area (Å²) in [6, 6.07) is 14.3. The number of piperazine rings is 1. The molecule has 1 amide bonds. The van der Waals surface area contributed by atoms with Crippen molar-refractivity contribution in [3.8, 4) is 0 Å². The Labute approximate surface area is 147 Å². The van der Waals surface area contributed by atoms with Gasteiger partial charge >= 0.3 is 0 Å². The number of H-pyrrole nitrogens is 1. The average molecular weight is 334 g/mol. The van der Waals surface area contributed by atoms with E-state index < -0.39 is 0 Å². The van der Waals surface area contributed by atoms with Crippen molar-refractivity contribution >= 4 is 16.9 Å². The van der Waals surface area contributed by atoms with Crippen molar-refractivity contribution < 1.29 is 4.79 Å². The highest BCUT2D eigenvalue weighted by atomic mass is 16.2. The van der Waals surface area contributed by atoms with E-state index in [9.17, 15) is 4.79 Å². The van der Waals surface area contributed by atoms with Gasteiger partial charge in [0.2, 0.25) is 0 Å². The molecule has 1 aliphatic heterocycles. The molecule has 0 spiro atoms. The lowest BCUT2D eigenvalue weighted by Crippen LogP contribution is -2.48. The van der Waals surface area contributed by atoms with Crippen LogP contribution >= 0.6 is 0 Å². The smallest absolute Gasteiger partial charge is 0.254 e. The molecule has 5 nitrogen and oxygen atoms in total. The number of carbonyl (C=O) groups excluding carboxylic acids is 1. The predicted molar refractivity (Wildman–Crippen MR) is 98.5 cm³/mol. The number of imidazole rings is 1. The molecule has 4 rings (SSSR count). The molecule has 1 fully saturated rings. The van der Waals surface area contributed by atoms with Crippen LogP contribution in [0.3, 0.4) is 0 Å². The third-order valence-corrected chi connectivity index (χ3v) is 4.85. The molecule has 0 saturated carbocycles. The minimum Gasteiger partial charge on any atom is -0.345 e. The number of aromatic amines is 1. The first-order valence-corrected chi connectivity index (χ1v) is 8.69. The molecule has 2 heterocycles. The molecule has 1 aromatic heterocycles.